The van der Waals surface area contributed by atoms with Gasteiger partial charge in [0.15, 0.2) is 0 Å². The van der Waals surface area contributed by atoms with Gasteiger partial charge >= 0.3 is 5.97 Å². The molecule has 0 saturated carbocycles. The molecule has 3 atom stereocenters. The molecule has 3 unspecified atom stereocenters. The largest absolute Gasteiger partial charge is 0.468 e. The standard InChI is InChI=1S/C16H32N2O3/c1-8-17-16(6,14(19)20-7)9-12(2)18-10-13(3)21-15(4,5)11-18/h12-13,17H,8-11H2,1-7H3. The number of nitrogens with one attached hydrogen (secondary N) is 1. The van der Waals surface area contributed by atoms with Gasteiger partial charge in [-0.2, -0.15) is 0 Å². The van der Waals surface area contributed by atoms with Gasteiger partial charge in [0.05, 0.1) is 18.8 Å². The topological polar surface area (TPSA) is 50.8 Å². The molecule has 124 valence electrons. The monoisotopic (exact) mass is 300 g/mol. The maximum Gasteiger partial charge on any atom is 0.325 e. The molecule has 21 heavy (non-hydrogen) atoms. The fourth-order valence-corrected chi connectivity index (χ4v) is 3.40. The van der Waals surface area contributed by atoms with Crippen LogP contribution in [-0.2, 0) is 14.3 Å². The van der Waals surface area contributed by atoms with Crippen LogP contribution < -0.4 is 5.32 Å². The summed E-state index contributed by atoms with van der Waals surface area (Å²) in [4.78, 5) is 14.5. The maximum absolute atomic E-state index is 12.1. The summed E-state index contributed by atoms with van der Waals surface area (Å²) < 4.78 is 10.9. The Morgan fingerprint density at radius 3 is 2.67 bits per heavy atom. The van der Waals surface area contributed by atoms with Gasteiger partial charge in [-0.25, -0.2) is 0 Å². The second-order valence-corrected chi connectivity index (χ2v) is 7.02. The molecule has 0 radical (unpaired) electrons. The first-order valence-corrected chi connectivity index (χ1v) is 7.89. The van der Waals surface area contributed by atoms with Crippen molar-refractivity contribution in [2.75, 3.05) is 26.7 Å². The third-order valence-electron chi connectivity index (χ3n) is 4.13. The molecule has 5 nitrogen and oxygen atoms in total. The molecule has 1 N–H and O–H groups in total. The van der Waals surface area contributed by atoms with Crippen LogP contribution in [0.15, 0.2) is 0 Å². The van der Waals surface area contributed by atoms with Crippen molar-refractivity contribution in [3.63, 3.8) is 0 Å². The maximum atomic E-state index is 12.1. The van der Waals surface area contributed by atoms with Crippen LogP contribution in [0.4, 0.5) is 0 Å². The second kappa shape index (κ2) is 7.07. The summed E-state index contributed by atoms with van der Waals surface area (Å²) in [6, 6.07) is 0.277. The molecular formula is C16H32N2O3. The van der Waals surface area contributed by atoms with Gasteiger partial charge in [0.25, 0.3) is 0 Å². The smallest absolute Gasteiger partial charge is 0.325 e. The van der Waals surface area contributed by atoms with Gasteiger partial charge in [-0.3, -0.25) is 9.69 Å². The Balaban J connectivity index is 2.77. The van der Waals surface area contributed by atoms with Gasteiger partial charge in [0.2, 0.25) is 0 Å². The van der Waals surface area contributed by atoms with E-state index in [9.17, 15) is 4.79 Å². The normalized spacial score (nSPS) is 26.9. The minimum Gasteiger partial charge on any atom is -0.468 e. The highest BCUT2D eigenvalue weighted by Gasteiger charge is 2.39. The fraction of sp³-hybridized carbons (Fsp3) is 0.938. The van der Waals surface area contributed by atoms with Crippen LogP contribution in [0.2, 0.25) is 0 Å². The number of rotatable bonds is 6. The predicted octanol–water partition coefficient (Wildman–Crippen LogP) is 1.81. The average Bonchev–Trinajstić information content (AvgIpc) is 2.35. The Morgan fingerprint density at radius 1 is 1.57 bits per heavy atom. The first-order chi connectivity index (χ1) is 9.63. The minimum absolute atomic E-state index is 0.147. The SMILES string of the molecule is CCNC(C)(CC(C)N1CC(C)OC(C)(C)C1)C(=O)OC. The highest BCUT2D eigenvalue weighted by molar-refractivity contribution is 5.80. The molecule has 1 heterocycles. The zero-order valence-electron chi connectivity index (χ0n) is 14.7. The Hall–Kier alpha value is -0.650. The Kier molecular flexibility index (Phi) is 6.20. The summed E-state index contributed by atoms with van der Waals surface area (Å²) in [5, 5.41) is 3.28. The van der Waals surface area contributed by atoms with E-state index in [2.05, 4.69) is 37.9 Å². The highest BCUT2D eigenvalue weighted by Crippen LogP contribution is 2.26. The van der Waals surface area contributed by atoms with Crippen LogP contribution in [-0.4, -0.2) is 60.9 Å². The molecule has 0 aromatic heterocycles. The van der Waals surface area contributed by atoms with E-state index in [1.807, 2.05) is 13.8 Å². The third-order valence-corrected chi connectivity index (χ3v) is 4.13. The number of methoxy groups -OCH3 is 1. The highest BCUT2D eigenvalue weighted by atomic mass is 16.5. The predicted molar refractivity (Wildman–Crippen MR) is 84.4 cm³/mol. The van der Waals surface area contributed by atoms with Crippen molar-refractivity contribution in [2.45, 2.75) is 71.2 Å². The van der Waals surface area contributed by atoms with E-state index in [1.165, 1.54) is 7.11 Å². The lowest BCUT2D eigenvalue weighted by atomic mass is 9.91. The number of carbonyl (C=O) groups is 1. The summed E-state index contributed by atoms with van der Waals surface area (Å²) in [6.07, 6.45) is 0.927. The van der Waals surface area contributed by atoms with Gasteiger partial charge in [-0.1, -0.05) is 6.92 Å². The van der Waals surface area contributed by atoms with Crippen LogP contribution in [0.5, 0.6) is 0 Å². The lowest BCUT2D eigenvalue weighted by Gasteiger charge is -2.45. The first-order valence-electron chi connectivity index (χ1n) is 7.89. The second-order valence-electron chi connectivity index (χ2n) is 7.02. The van der Waals surface area contributed by atoms with Gasteiger partial charge in [-0.05, 0) is 47.6 Å². The van der Waals surface area contributed by atoms with Crippen molar-refractivity contribution < 1.29 is 14.3 Å². The van der Waals surface area contributed by atoms with Crippen LogP contribution in [0.1, 0.15) is 48.0 Å². The lowest BCUT2D eigenvalue weighted by molar-refractivity contribution is -0.151. The Bertz CT molecular complexity index is 359. The summed E-state index contributed by atoms with van der Waals surface area (Å²) in [6.45, 7) is 15.0. The Morgan fingerprint density at radius 2 is 2.19 bits per heavy atom. The quantitative estimate of drug-likeness (QED) is 0.758. The molecule has 1 fully saturated rings. The molecule has 0 spiro atoms. The van der Waals surface area contributed by atoms with E-state index < -0.39 is 5.54 Å². The summed E-state index contributed by atoms with van der Waals surface area (Å²) in [5.41, 5.74) is -0.791. The average molecular weight is 300 g/mol. The van der Waals surface area contributed by atoms with Crippen molar-refractivity contribution in [3.8, 4) is 0 Å². The van der Waals surface area contributed by atoms with Gasteiger partial charge in [0, 0.05) is 19.1 Å². The molecule has 0 aromatic rings. The van der Waals surface area contributed by atoms with Crippen LogP contribution in [0.3, 0.4) is 0 Å². The van der Waals surface area contributed by atoms with E-state index in [0.717, 1.165) is 26.1 Å². The zero-order valence-corrected chi connectivity index (χ0v) is 14.7. The van der Waals surface area contributed by atoms with Crippen molar-refractivity contribution >= 4 is 5.97 Å². The van der Waals surface area contributed by atoms with E-state index >= 15 is 0 Å². The zero-order chi connectivity index (χ0) is 16.3. The number of esters is 1. The van der Waals surface area contributed by atoms with Crippen molar-refractivity contribution in [1.29, 1.82) is 0 Å². The van der Waals surface area contributed by atoms with Gasteiger partial charge in [0.1, 0.15) is 5.54 Å². The van der Waals surface area contributed by atoms with Crippen LogP contribution in [0, 0.1) is 0 Å². The van der Waals surface area contributed by atoms with Gasteiger partial charge < -0.3 is 14.8 Å². The molecule has 0 amide bonds. The number of carbonyl (C=O) groups excluding carboxylic acids is 1. The molecule has 1 aliphatic heterocycles. The minimum atomic E-state index is -0.644. The van der Waals surface area contributed by atoms with E-state index in [1.54, 1.807) is 0 Å². The van der Waals surface area contributed by atoms with E-state index in [4.69, 9.17) is 9.47 Å². The summed E-state index contributed by atoms with van der Waals surface area (Å²) in [7, 11) is 1.45. The lowest BCUT2D eigenvalue weighted by Crippen LogP contribution is -2.58. The first kappa shape index (κ1) is 18.4. The summed E-state index contributed by atoms with van der Waals surface area (Å²) in [5.74, 6) is -0.197. The molecular weight excluding hydrogens is 268 g/mol. The fourth-order valence-electron chi connectivity index (χ4n) is 3.40. The molecule has 5 heteroatoms. The van der Waals surface area contributed by atoms with E-state index in [0.29, 0.717) is 0 Å². The number of nitrogens with zero attached hydrogens (tertiary/aromatic N) is 1. The number of hydrogen-bond acceptors (Lipinski definition) is 5. The number of ether oxygens (including phenoxy) is 2. The summed E-state index contributed by atoms with van der Waals surface area (Å²) >= 11 is 0. The molecule has 1 rings (SSSR count). The van der Waals surface area contributed by atoms with Crippen LogP contribution in [0.25, 0.3) is 0 Å². The molecule has 0 aliphatic carbocycles. The van der Waals surface area contributed by atoms with Crippen molar-refractivity contribution in [1.82, 2.24) is 10.2 Å². The number of likely N-dealkylation sites (N-methyl/N-ethyl adjacent to an activating group) is 1. The Labute approximate surface area is 129 Å². The molecule has 1 aliphatic rings. The van der Waals surface area contributed by atoms with Crippen molar-refractivity contribution in [2.24, 2.45) is 0 Å². The third kappa shape index (κ3) is 4.94. The molecule has 0 bridgehead atoms. The molecule has 0 aromatic carbocycles. The molecule has 1 saturated heterocycles. The number of hydrogen-bond donors (Lipinski definition) is 1. The van der Waals surface area contributed by atoms with Crippen molar-refractivity contribution in [3.05, 3.63) is 0 Å². The van der Waals surface area contributed by atoms with Crippen LogP contribution >= 0.6 is 0 Å². The number of morpholine rings is 1. The van der Waals surface area contributed by atoms with E-state index in [-0.39, 0.29) is 23.7 Å². The van der Waals surface area contributed by atoms with Gasteiger partial charge in [-0.15, -0.1) is 0 Å².